The summed E-state index contributed by atoms with van der Waals surface area (Å²) < 4.78 is 5.22. The molecule has 0 amide bonds. The number of hydrogen-bond acceptors (Lipinski definition) is 4. The van der Waals surface area contributed by atoms with E-state index in [9.17, 15) is 0 Å². The van der Waals surface area contributed by atoms with E-state index < -0.39 is 0 Å². The van der Waals surface area contributed by atoms with Crippen molar-refractivity contribution in [2.24, 2.45) is 5.92 Å². The van der Waals surface area contributed by atoms with Crippen LogP contribution in [0.3, 0.4) is 0 Å². The van der Waals surface area contributed by atoms with Gasteiger partial charge in [0.25, 0.3) is 0 Å². The van der Waals surface area contributed by atoms with Crippen LogP contribution in [-0.2, 0) is 11.3 Å². The number of hydrogen-bond donors (Lipinski definition) is 1. The van der Waals surface area contributed by atoms with Crippen molar-refractivity contribution in [1.29, 1.82) is 0 Å². The van der Waals surface area contributed by atoms with Crippen LogP contribution in [0.15, 0.2) is 5.38 Å². The van der Waals surface area contributed by atoms with Crippen molar-refractivity contribution in [2.45, 2.75) is 33.4 Å². The molecule has 0 fully saturated rings. The first kappa shape index (κ1) is 12.6. The van der Waals surface area contributed by atoms with E-state index in [0.29, 0.717) is 5.92 Å². The van der Waals surface area contributed by atoms with E-state index >= 15 is 0 Å². The molecule has 0 aromatic carbocycles. The molecule has 1 aromatic heterocycles. The minimum absolute atomic E-state index is 0.105. The molecule has 0 saturated carbocycles. The summed E-state index contributed by atoms with van der Waals surface area (Å²) in [6.45, 7) is 8.31. The van der Waals surface area contributed by atoms with Crippen LogP contribution in [0.4, 0.5) is 0 Å². The van der Waals surface area contributed by atoms with E-state index in [0.717, 1.165) is 23.8 Å². The Morgan fingerprint density at radius 1 is 1.47 bits per heavy atom. The molecule has 86 valence electrons. The zero-order valence-corrected chi connectivity index (χ0v) is 10.7. The van der Waals surface area contributed by atoms with Gasteiger partial charge in [-0.2, -0.15) is 0 Å². The highest BCUT2D eigenvalue weighted by molar-refractivity contribution is 7.09. The maximum Gasteiger partial charge on any atom is 0.122 e. The van der Waals surface area contributed by atoms with Gasteiger partial charge >= 0.3 is 0 Å². The van der Waals surface area contributed by atoms with Gasteiger partial charge in [0.15, 0.2) is 0 Å². The minimum Gasteiger partial charge on any atom is -0.375 e. The molecule has 0 radical (unpaired) electrons. The lowest BCUT2D eigenvalue weighted by atomic mass is 10.2. The van der Waals surface area contributed by atoms with Crippen molar-refractivity contribution in [3.63, 3.8) is 0 Å². The lowest BCUT2D eigenvalue weighted by Gasteiger charge is -2.05. The van der Waals surface area contributed by atoms with Crippen LogP contribution in [0.5, 0.6) is 0 Å². The Balaban J connectivity index is 2.39. The first-order valence-corrected chi connectivity index (χ1v) is 6.19. The predicted octanol–water partition coefficient (Wildman–Crippen LogP) is 2.60. The van der Waals surface area contributed by atoms with E-state index in [4.69, 9.17) is 4.74 Å². The Bertz CT molecular complexity index is 286. The molecule has 3 nitrogen and oxygen atoms in total. The molecule has 1 aromatic rings. The van der Waals surface area contributed by atoms with Crippen LogP contribution < -0.4 is 5.32 Å². The maximum absolute atomic E-state index is 5.22. The average molecular weight is 228 g/mol. The number of aromatic nitrogens is 1. The number of thiazole rings is 1. The molecular weight excluding hydrogens is 208 g/mol. The van der Waals surface area contributed by atoms with Crippen LogP contribution in [0.2, 0.25) is 0 Å². The highest BCUT2D eigenvalue weighted by Gasteiger charge is 2.08. The van der Waals surface area contributed by atoms with E-state index in [2.05, 4.69) is 29.5 Å². The maximum atomic E-state index is 5.22. The summed E-state index contributed by atoms with van der Waals surface area (Å²) in [5.41, 5.74) is 1.11. The summed E-state index contributed by atoms with van der Waals surface area (Å²) in [5, 5.41) is 6.52. The number of rotatable bonds is 6. The fraction of sp³-hybridized carbons (Fsp3) is 0.727. The monoisotopic (exact) mass is 228 g/mol. The topological polar surface area (TPSA) is 34.1 Å². The SMILES string of the molecule is COC(C)c1nc(CNCC(C)C)cs1. The predicted molar refractivity (Wildman–Crippen MR) is 64.1 cm³/mol. The average Bonchev–Trinajstić information content (AvgIpc) is 2.65. The summed E-state index contributed by atoms with van der Waals surface area (Å²) in [7, 11) is 1.71. The fourth-order valence-electron chi connectivity index (χ4n) is 1.18. The second-order valence-electron chi connectivity index (χ2n) is 4.08. The highest BCUT2D eigenvalue weighted by atomic mass is 32.1. The molecule has 1 atom stereocenters. The molecule has 1 rings (SSSR count). The Hall–Kier alpha value is -0.450. The van der Waals surface area contributed by atoms with Gasteiger partial charge in [0.2, 0.25) is 0 Å². The summed E-state index contributed by atoms with van der Waals surface area (Å²) in [6, 6.07) is 0. The normalized spacial score (nSPS) is 13.4. The third-order valence-corrected chi connectivity index (χ3v) is 3.18. The van der Waals surface area contributed by atoms with Crippen molar-refractivity contribution in [3.8, 4) is 0 Å². The van der Waals surface area contributed by atoms with Crippen LogP contribution in [0, 0.1) is 5.92 Å². The molecule has 0 bridgehead atoms. The standard InChI is InChI=1S/C11H20N2OS/c1-8(2)5-12-6-10-7-15-11(13-10)9(3)14-4/h7-9,12H,5-6H2,1-4H3. The molecule has 0 spiro atoms. The zero-order chi connectivity index (χ0) is 11.3. The third-order valence-electron chi connectivity index (χ3n) is 2.13. The van der Waals surface area contributed by atoms with Gasteiger partial charge in [-0.1, -0.05) is 13.8 Å². The number of ether oxygens (including phenoxy) is 1. The Labute approximate surface area is 95.9 Å². The highest BCUT2D eigenvalue weighted by Crippen LogP contribution is 2.20. The number of methoxy groups -OCH3 is 1. The fourth-order valence-corrected chi connectivity index (χ4v) is 2.03. The molecule has 1 heterocycles. The van der Waals surface area contributed by atoms with Crippen LogP contribution >= 0.6 is 11.3 Å². The molecule has 0 saturated heterocycles. The van der Waals surface area contributed by atoms with Gasteiger partial charge in [-0.3, -0.25) is 0 Å². The lowest BCUT2D eigenvalue weighted by Crippen LogP contribution is -2.19. The largest absolute Gasteiger partial charge is 0.375 e. The second kappa shape index (κ2) is 6.20. The van der Waals surface area contributed by atoms with Crippen molar-refractivity contribution in [1.82, 2.24) is 10.3 Å². The third kappa shape index (κ3) is 4.28. The number of nitrogens with one attached hydrogen (secondary N) is 1. The van der Waals surface area contributed by atoms with Crippen molar-refractivity contribution < 1.29 is 4.74 Å². The van der Waals surface area contributed by atoms with E-state index in [1.165, 1.54) is 0 Å². The molecule has 4 heteroatoms. The van der Waals surface area contributed by atoms with E-state index in [1.807, 2.05) is 6.92 Å². The molecule has 0 aliphatic rings. The number of nitrogens with zero attached hydrogens (tertiary/aromatic N) is 1. The van der Waals surface area contributed by atoms with E-state index in [-0.39, 0.29) is 6.10 Å². The lowest BCUT2D eigenvalue weighted by molar-refractivity contribution is 0.119. The van der Waals surface area contributed by atoms with Gasteiger partial charge in [0, 0.05) is 19.0 Å². The van der Waals surface area contributed by atoms with Gasteiger partial charge in [-0.05, 0) is 19.4 Å². The van der Waals surface area contributed by atoms with E-state index in [1.54, 1.807) is 18.4 Å². The Morgan fingerprint density at radius 2 is 2.20 bits per heavy atom. The molecular formula is C11H20N2OS. The summed E-state index contributed by atoms with van der Waals surface area (Å²) in [6.07, 6.45) is 0.105. The zero-order valence-electron chi connectivity index (χ0n) is 9.91. The quantitative estimate of drug-likeness (QED) is 0.812. The van der Waals surface area contributed by atoms with Crippen molar-refractivity contribution >= 4 is 11.3 Å². The van der Waals surface area contributed by atoms with Crippen molar-refractivity contribution in [3.05, 3.63) is 16.1 Å². The molecule has 1 unspecified atom stereocenters. The molecule has 1 N–H and O–H groups in total. The second-order valence-corrected chi connectivity index (χ2v) is 4.97. The molecule has 0 aliphatic heterocycles. The molecule has 15 heavy (non-hydrogen) atoms. The van der Waals surface area contributed by atoms with Gasteiger partial charge < -0.3 is 10.1 Å². The summed E-state index contributed by atoms with van der Waals surface area (Å²) in [4.78, 5) is 4.51. The van der Waals surface area contributed by atoms with Gasteiger partial charge in [-0.25, -0.2) is 4.98 Å². The first-order chi connectivity index (χ1) is 7.13. The minimum atomic E-state index is 0.105. The Morgan fingerprint density at radius 3 is 2.80 bits per heavy atom. The summed E-state index contributed by atoms with van der Waals surface area (Å²) >= 11 is 1.66. The first-order valence-electron chi connectivity index (χ1n) is 5.31. The van der Waals surface area contributed by atoms with Crippen LogP contribution in [-0.4, -0.2) is 18.6 Å². The van der Waals surface area contributed by atoms with Crippen LogP contribution in [0.25, 0.3) is 0 Å². The van der Waals surface area contributed by atoms with Crippen LogP contribution in [0.1, 0.15) is 37.6 Å². The van der Waals surface area contributed by atoms with Crippen molar-refractivity contribution in [2.75, 3.05) is 13.7 Å². The van der Waals surface area contributed by atoms with Gasteiger partial charge in [0.1, 0.15) is 11.1 Å². The summed E-state index contributed by atoms with van der Waals surface area (Å²) in [5.74, 6) is 0.681. The van der Waals surface area contributed by atoms with Gasteiger partial charge in [0.05, 0.1) is 5.69 Å². The Kier molecular flexibility index (Phi) is 5.22. The molecule has 0 aliphatic carbocycles. The smallest absolute Gasteiger partial charge is 0.122 e. The van der Waals surface area contributed by atoms with Gasteiger partial charge in [-0.15, -0.1) is 11.3 Å².